The monoisotopic (exact) mass is 278 g/mol. The van der Waals surface area contributed by atoms with Crippen LogP contribution in [0.4, 0.5) is 0 Å². The number of carboxylic acid groups (broad SMARTS) is 1. The van der Waals surface area contributed by atoms with E-state index >= 15 is 0 Å². The fraction of sp³-hybridized carbons (Fsp3) is 0.400. The minimum absolute atomic E-state index is 0.119. The molecule has 1 unspecified atom stereocenters. The molecule has 1 atom stereocenters. The summed E-state index contributed by atoms with van der Waals surface area (Å²) in [6, 6.07) is 7.92. The summed E-state index contributed by atoms with van der Waals surface area (Å²) in [7, 11) is 1.65. The van der Waals surface area contributed by atoms with E-state index in [1.165, 1.54) is 5.56 Å². The third-order valence-electron chi connectivity index (χ3n) is 3.24. The number of carbonyl (C=O) groups is 1. The number of rotatable bonds is 5. The number of hydrogen-bond acceptors (Lipinski definition) is 3. The molecule has 2 rings (SSSR count). The number of methoxy groups -OCH3 is 1. The second kappa shape index (κ2) is 6.66. The zero-order chi connectivity index (χ0) is 13.7. The number of allylic oxidation sites excluding steroid dienone is 1. The average molecular weight is 278 g/mol. The maximum absolute atomic E-state index is 11.2. The van der Waals surface area contributed by atoms with Gasteiger partial charge in [0, 0.05) is 16.6 Å². The molecule has 1 aliphatic rings. The van der Waals surface area contributed by atoms with Crippen LogP contribution in [0.15, 0.2) is 35.9 Å². The first kappa shape index (κ1) is 14.0. The van der Waals surface area contributed by atoms with Crippen LogP contribution in [0.5, 0.6) is 5.75 Å². The van der Waals surface area contributed by atoms with Crippen LogP contribution in [0.1, 0.15) is 24.8 Å². The summed E-state index contributed by atoms with van der Waals surface area (Å²) in [6.07, 6.45) is 4.80. The van der Waals surface area contributed by atoms with Crippen molar-refractivity contribution in [2.75, 3.05) is 7.11 Å². The lowest BCUT2D eigenvalue weighted by Crippen LogP contribution is -2.18. The molecular weight excluding hydrogens is 260 g/mol. The van der Waals surface area contributed by atoms with Crippen LogP contribution in [0.3, 0.4) is 0 Å². The quantitative estimate of drug-likeness (QED) is 0.895. The second-order valence-corrected chi connectivity index (χ2v) is 5.73. The van der Waals surface area contributed by atoms with Crippen LogP contribution in [0.2, 0.25) is 0 Å². The molecule has 1 aliphatic carbocycles. The van der Waals surface area contributed by atoms with Crippen LogP contribution < -0.4 is 4.74 Å². The Hall–Kier alpha value is -1.42. The SMILES string of the molecule is COc1ccc(CSC2CCCC=C2C(=O)O)cc1. The molecule has 102 valence electrons. The number of hydrogen-bond donors (Lipinski definition) is 1. The summed E-state index contributed by atoms with van der Waals surface area (Å²) in [4.78, 5) is 11.2. The Bertz CT molecular complexity index is 465. The van der Waals surface area contributed by atoms with Crippen molar-refractivity contribution in [3.05, 3.63) is 41.5 Å². The van der Waals surface area contributed by atoms with E-state index in [1.54, 1.807) is 18.9 Å². The minimum atomic E-state index is -0.771. The Morgan fingerprint density at radius 3 is 2.79 bits per heavy atom. The fourth-order valence-electron chi connectivity index (χ4n) is 2.16. The van der Waals surface area contributed by atoms with Gasteiger partial charge in [-0.3, -0.25) is 0 Å². The van der Waals surface area contributed by atoms with Gasteiger partial charge in [-0.15, -0.1) is 11.8 Å². The molecular formula is C15H18O3S. The summed E-state index contributed by atoms with van der Waals surface area (Å²) in [5.41, 5.74) is 1.77. The van der Waals surface area contributed by atoms with Gasteiger partial charge in [-0.25, -0.2) is 4.79 Å². The van der Waals surface area contributed by atoms with Crippen LogP contribution >= 0.6 is 11.8 Å². The Balaban J connectivity index is 1.95. The number of carboxylic acids is 1. The highest BCUT2D eigenvalue weighted by Crippen LogP contribution is 2.32. The van der Waals surface area contributed by atoms with Gasteiger partial charge < -0.3 is 9.84 Å². The fourth-order valence-corrected chi connectivity index (χ4v) is 3.46. The summed E-state index contributed by atoms with van der Waals surface area (Å²) in [5, 5.41) is 9.29. The molecule has 0 aromatic heterocycles. The highest BCUT2D eigenvalue weighted by molar-refractivity contribution is 7.99. The number of ether oxygens (including phenoxy) is 1. The molecule has 0 radical (unpaired) electrons. The molecule has 0 aliphatic heterocycles. The maximum Gasteiger partial charge on any atom is 0.332 e. The molecule has 0 saturated heterocycles. The van der Waals surface area contributed by atoms with Crippen molar-refractivity contribution in [1.29, 1.82) is 0 Å². The van der Waals surface area contributed by atoms with Crippen molar-refractivity contribution in [2.45, 2.75) is 30.3 Å². The topological polar surface area (TPSA) is 46.5 Å². The van der Waals surface area contributed by atoms with Gasteiger partial charge in [-0.05, 0) is 37.0 Å². The van der Waals surface area contributed by atoms with Gasteiger partial charge >= 0.3 is 5.97 Å². The highest BCUT2D eigenvalue weighted by atomic mass is 32.2. The van der Waals surface area contributed by atoms with Gasteiger partial charge in [0.1, 0.15) is 5.75 Å². The van der Waals surface area contributed by atoms with Gasteiger partial charge in [0.25, 0.3) is 0 Å². The van der Waals surface area contributed by atoms with E-state index < -0.39 is 5.97 Å². The molecule has 0 amide bonds. The summed E-state index contributed by atoms with van der Waals surface area (Å²) in [6.45, 7) is 0. The molecule has 0 spiro atoms. The largest absolute Gasteiger partial charge is 0.497 e. The highest BCUT2D eigenvalue weighted by Gasteiger charge is 2.23. The smallest absolute Gasteiger partial charge is 0.332 e. The third-order valence-corrected chi connectivity index (χ3v) is 4.63. The Kier molecular flexibility index (Phi) is 4.91. The van der Waals surface area contributed by atoms with Crippen LogP contribution in [0, 0.1) is 0 Å². The van der Waals surface area contributed by atoms with E-state index in [1.807, 2.05) is 30.3 Å². The lowest BCUT2D eigenvalue weighted by molar-refractivity contribution is -0.132. The first-order valence-corrected chi connectivity index (χ1v) is 7.43. The molecule has 1 N–H and O–H groups in total. The van der Waals surface area contributed by atoms with Crippen LogP contribution in [-0.2, 0) is 10.5 Å². The predicted octanol–water partition coefficient (Wildman–Crippen LogP) is 3.49. The molecule has 4 heteroatoms. The van der Waals surface area contributed by atoms with E-state index in [-0.39, 0.29) is 5.25 Å². The van der Waals surface area contributed by atoms with E-state index in [0.29, 0.717) is 5.57 Å². The van der Waals surface area contributed by atoms with Crippen molar-refractivity contribution < 1.29 is 14.6 Å². The Morgan fingerprint density at radius 2 is 2.16 bits per heavy atom. The van der Waals surface area contributed by atoms with Crippen LogP contribution in [-0.4, -0.2) is 23.4 Å². The van der Waals surface area contributed by atoms with E-state index in [0.717, 1.165) is 30.8 Å². The Labute approximate surface area is 117 Å². The van der Waals surface area contributed by atoms with E-state index in [4.69, 9.17) is 4.74 Å². The predicted molar refractivity (Wildman–Crippen MR) is 77.6 cm³/mol. The molecule has 0 bridgehead atoms. The summed E-state index contributed by atoms with van der Waals surface area (Å²) >= 11 is 1.71. The molecule has 0 fully saturated rings. The first-order chi connectivity index (χ1) is 9.20. The maximum atomic E-state index is 11.2. The zero-order valence-electron chi connectivity index (χ0n) is 11.0. The molecule has 3 nitrogen and oxygen atoms in total. The van der Waals surface area contributed by atoms with Gasteiger partial charge in [0.15, 0.2) is 0 Å². The van der Waals surface area contributed by atoms with Crippen molar-refractivity contribution in [3.8, 4) is 5.75 Å². The van der Waals surface area contributed by atoms with Crippen LogP contribution in [0.25, 0.3) is 0 Å². The van der Waals surface area contributed by atoms with Crippen molar-refractivity contribution in [2.24, 2.45) is 0 Å². The number of benzene rings is 1. The van der Waals surface area contributed by atoms with Crippen molar-refractivity contribution in [1.82, 2.24) is 0 Å². The van der Waals surface area contributed by atoms with Gasteiger partial charge in [0.2, 0.25) is 0 Å². The van der Waals surface area contributed by atoms with Gasteiger partial charge in [-0.2, -0.15) is 0 Å². The lowest BCUT2D eigenvalue weighted by Gasteiger charge is -2.21. The second-order valence-electron chi connectivity index (χ2n) is 4.54. The normalized spacial score (nSPS) is 18.8. The third kappa shape index (κ3) is 3.77. The summed E-state index contributed by atoms with van der Waals surface area (Å²) in [5.74, 6) is 0.906. The molecule has 1 aromatic carbocycles. The van der Waals surface area contributed by atoms with E-state index in [2.05, 4.69) is 0 Å². The van der Waals surface area contributed by atoms with Gasteiger partial charge in [0.05, 0.1) is 7.11 Å². The summed E-state index contributed by atoms with van der Waals surface area (Å²) < 4.78 is 5.12. The lowest BCUT2D eigenvalue weighted by atomic mass is 9.99. The standard InChI is InChI=1S/C15H18O3S/c1-18-12-8-6-11(7-9-12)10-19-14-5-3-2-4-13(14)15(16)17/h4,6-9,14H,2-3,5,10H2,1H3,(H,16,17). The molecule has 19 heavy (non-hydrogen) atoms. The number of aliphatic carboxylic acids is 1. The molecule has 1 aromatic rings. The van der Waals surface area contributed by atoms with E-state index in [9.17, 15) is 9.90 Å². The minimum Gasteiger partial charge on any atom is -0.497 e. The van der Waals surface area contributed by atoms with Crippen molar-refractivity contribution in [3.63, 3.8) is 0 Å². The number of thioether (sulfide) groups is 1. The molecule has 0 saturated carbocycles. The van der Waals surface area contributed by atoms with Crippen molar-refractivity contribution >= 4 is 17.7 Å². The zero-order valence-corrected chi connectivity index (χ0v) is 11.8. The molecule has 0 heterocycles. The Morgan fingerprint density at radius 1 is 1.42 bits per heavy atom. The average Bonchev–Trinajstić information content (AvgIpc) is 2.46. The first-order valence-electron chi connectivity index (χ1n) is 6.38. The van der Waals surface area contributed by atoms with Gasteiger partial charge in [-0.1, -0.05) is 18.2 Å².